The van der Waals surface area contributed by atoms with Crippen LogP contribution in [-0.4, -0.2) is 42.8 Å². The second-order valence-electron chi connectivity index (χ2n) is 6.59. The maximum Gasteiger partial charge on any atom is 0.313 e. The lowest BCUT2D eigenvalue weighted by molar-refractivity contribution is -0.136. The molecular formula is C21H26N2O5. The van der Waals surface area contributed by atoms with Crippen LogP contribution in [0.3, 0.4) is 0 Å². The standard InChI is InChI=1S/C21H26N2O5/c1-4-28-18-8-6-5-7-17(18)23-20(25)19(24)22-14-21(2,26)13-15-9-11-16(27-3)12-10-15/h5-12,26H,4,13-14H2,1-3H3,(H,22,24)(H,23,25)/t21-/m1/s1. The quantitative estimate of drug-likeness (QED) is 0.604. The molecular weight excluding hydrogens is 360 g/mol. The van der Waals surface area contributed by atoms with E-state index >= 15 is 0 Å². The Labute approximate surface area is 164 Å². The van der Waals surface area contributed by atoms with Crippen molar-refractivity contribution < 1.29 is 24.2 Å². The van der Waals surface area contributed by atoms with E-state index in [1.54, 1.807) is 50.4 Å². The predicted octanol–water partition coefficient (Wildman–Crippen LogP) is 2.14. The van der Waals surface area contributed by atoms with Crippen LogP contribution >= 0.6 is 0 Å². The molecule has 0 fully saturated rings. The molecule has 0 aliphatic rings. The third-order valence-electron chi connectivity index (χ3n) is 4.02. The molecule has 2 aromatic rings. The van der Waals surface area contributed by atoms with Gasteiger partial charge in [-0.3, -0.25) is 9.59 Å². The third kappa shape index (κ3) is 6.28. The van der Waals surface area contributed by atoms with Crippen LogP contribution in [0.5, 0.6) is 11.5 Å². The van der Waals surface area contributed by atoms with Gasteiger partial charge in [0.25, 0.3) is 0 Å². The highest BCUT2D eigenvalue weighted by molar-refractivity contribution is 6.39. The van der Waals surface area contributed by atoms with Gasteiger partial charge in [-0.15, -0.1) is 0 Å². The molecule has 2 aromatic carbocycles. The van der Waals surface area contributed by atoms with Crippen molar-refractivity contribution in [1.29, 1.82) is 0 Å². The first-order valence-electron chi connectivity index (χ1n) is 9.01. The van der Waals surface area contributed by atoms with E-state index in [-0.39, 0.29) is 6.54 Å². The summed E-state index contributed by atoms with van der Waals surface area (Å²) in [4.78, 5) is 24.2. The van der Waals surface area contributed by atoms with Crippen LogP contribution in [0.2, 0.25) is 0 Å². The molecule has 2 amide bonds. The molecule has 0 unspecified atom stereocenters. The summed E-state index contributed by atoms with van der Waals surface area (Å²) in [5, 5.41) is 15.5. The lowest BCUT2D eigenvalue weighted by Gasteiger charge is -2.23. The first-order valence-corrected chi connectivity index (χ1v) is 9.01. The molecule has 150 valence electrons. The van der Waals surface area contributed by atoms with Gasteiger partial charge in [-0.1, -0.05) is 24.3 Å². The van der Waals surface area contributed by atoms with Gasteiger partial charge >= 0.3 is 11.8 Å². The number of amides is 2. The summed E-state index contributed by atoms with van der Waals surface area (Å²) < 4.78 is 10.5. The van der Waals surface area contributed by atoms with Crippen LogP contribution in [-0.2, 0) is 16.0 Å². The summed E-state index contributed by atoms with van der Waals surface area (Å²) in [5.74, 6) is -0.452. The largest absolute Gasteiger partial charge is 0.497 e. The van der Waals surface area contributed by atoms with E-state index in [9.17, 15) is 14.7 Å². The number of aliphatic hydroxyl groups is 1. The molecule has 7 heteroatoms. The van der Waals surface area contributed by atoms with Gasteiger partial charge in [0.2, 0.25) is 0 Å². The Bertz CT molecular complexity index is 803. The average molecular weight is 386 g/mol. The minimum atomic E-state index is -1.21. The Balaban J connectivity index is 1.90. The van der Waals surface area contributed by atoms with Crippen molar-refractivity contribution in [3.05, 3.63) is 54.1 Å². The van der Waals surface area contributed by atoms with E-state index in [4.69, 9.17) is 9.47 Å². The molecule has 0 heterocycles. The highest BCUT2D eigenvalue weighted by Gasteiger charge is 2.24. The van der Waals surface area contributed by atoms with Crippen molar-refractivity contribution in [2.45, 2.75) is 25.9 Å². The Morgan fingerprint density at radius 2 is 1.75 bits per heavy atom. The number of carbonyl (C=O) groups excluding carboxylic acids is 2. The van der Waals surface area contributed by atoms with E-state index in [1.807, 2.05) is 19.1 Å². The Morgan fingerprint density at radius 1 is 1.07 bits per heavy atom. The third-order valence-corrected chi connectivity index (χ3v) is 4.02. The predicted molar refractivity (Wildman–Crippen MR) is 107 cm³/mol. The lowest BCUT2D eigenvalue weighted by atomic mass is 9.96. The minimum absolute atomic E-state index is 0.0710. The molecule has 7 nitrogen and oxygen atoms in total. The zero-order valence-electron chi connectivity index (χ0n) is 16.3. The Hall–Kier alpha value is -3.06. The van der Waals surface area contributed by atoms with Gasteiger partial charge in [0, 0.05) is 13.0 Å². The lowest BCUT2D eigenvalue weighted by Crippen LogP contribution is -2.45. The molecule has 2 rings (SSSR count). The van der Waals surface area contributed by atoms with Crippen LogP contribution < -0.4 is 20.1 Å². The second-order valence-corrected chi connectivity index (χ2v) is 6.59. The van der Waals surface area contributed by atoms with Gasteiger partial charge in [0.05, 0.1) is 25.0 Å². The number of ether oxygens (including phenoxy) is 2. The maximum absolute atomic E-state index is 12.1. The highest BCUT2D eigenvalue weighted by atomic mass is 16.5. The summed E-state index contributed by atoms with van der Waals surface area (Å²) >= 11 is 0. The topological polar surface area (TPSA) is 96.9 Å². The van der Waals surface area contributed by atoms with Crippen molar-refractivity contribution in [1.82, 2.24) is 5.32 Å². The molecule has 0 aliphatic heterocycles. The van der Waals surface area contributed by atoms with Crippen molar-refractivity contribution in [2.75, 3.05) is 25.6 Å². The fraction of sp³-hybridized carbons (Fsp3) is 0.333. The number of carbonyl (C=O) groups is 2. The van der Waals surface area contributed by atoms with Crippen LogP contribution in [0, 0.1) is 0 Å². The normalized spacial score (nSPS) is 12.6. The summed E-state index contributed by atoms with van der Waals surface area (Å²) in [6, 6.07) is 14.1. The van der Waals surface area contributed by atoms with Gasteiger partial charge in [0.15, 0.2) is 0 Å². The monoisotopic (exact) mass is 386 g/mol. The van der Waals surface area contributed by atoms with Crippen molar-refractivity contribution in [3.8, 4) is 11.5 Å². The summed E-state index contributed by atoms with van der Waals surface area (Å²) in [6.07, 6.45) is 0.312. The molecule has 0 radical (unpaired) electrons. The first-order chi connectivity index (χ1) is 13.3. The summed E-state index contributed by atoms with van der Waals surface area (Å²) in [6.45, 7) is 3.79. The maximum atomic E-state index is 12.1. The summed E-state index contributed by atoms with van der Waals surface area (Å²) in [7, 11) is 1.58. The number of anilines is 1. The van der Waals surface area contributed by atoms with Crippen LogP contribution in [0.25, 0.3) is 0 Å². The minimum Gasteiger partial charge on any atom is -0.497 e. The Morgan fingerprint density at radius 3 is 2.39 bits per heavy atom. The number of methoxy groups -OCH3 is 1. The van der Waals surface area contributed by atoms with Gasteiger partial charge in [0.1, 0.15) is 11.5 Å². The molecule has 0 saturated carbocycles. The molecule has 1 atom stereocenters. The van der Waals surface area contributed by atoms with Crippen molar-refractivity contribution in [2.24, 2.45) is 0 Å². The van der Waals surface area contributed by atoms with Gasteiger partial charge in [-0.2, -0.15) is 0 Å². The number of rotatable bonds is 8. The van der Waals surface area contributed by atoms with Crippen molar-refractivity contribution in [3.63, 3.8) is 0 Å². The van der Waals surface area contributed by atoms with E-state index in [1.165, 1.54) is 0 Å². The fourth-order valence-electron chi connectivity index (χ4n) is 2.63. The van der Waals surface area contributed by atoms with E-state index < -0.39 is 17.4 Å². The van der Waals surface area contributed by atoms with Gasteiger partial charge in [-0.05, 0) is 43.7 Å². The zero-order valence-corrected chi connectivity index (χ0v) is 16.3. The summed E-state index contributed by atoms with van der Waals surface area (Å²) in [5.41, 5.74) is 0.0814. The highest BCUT2D eigenvalue weighted by Crippen LogP contribution is 2.23. The van der Waals surface area contributed by atoms with Crippen molar-refractivity contribution >= 4 is 17.5 Å². The van der Waals surface area contributed by atoms with Crippen LogP contribution in [0.4, 0.5) is 5.69 Å². The average Bonchev–Trinajstić information content (AvgIpc) is 2.68. The second kappa shape index (κ2) is 9.75. The number of benzene rings is 2. The van der Waals surface area contributed by atoms with Gasteiger partial charge < -0.3 is 25.2 Å². The molecule has 3 N–H and O–H groups in total. The first kappa shape index (κ1) is 21.2. The molecule has 0 aliphatic carbocycles. The fourth-order valence-corrected chi connectivity index (χ4v) is 2.63. The van der Waals surface area contributed by atoms with Crippen LogP contribution in [0.15, 0.2) is 48.5 Å². The number of para-hydroxylation sites is 2. The number of nitrogens with one attached hydrogen (secondary N) is 2. The van der Waals surface area contributed by atoms with E-state index in [2.05, 4.69) is 10.6 Å². The smallest absolute Gasteiger partial charge is 0.313 e. The molecule has 0 aromatic heterocycles. The molecule has 0 bridgehead atoms. The SMILES string of the molecule is CCOc1ccccc1NC(=O)C(=O)NC[C@](C)(O)Cc1ccc(OC)cc1. The molecule has 0 spiro atoms. The molecule has 28 heavy (non-hydrogen) atoms. The van der Waals surface area contributed by atoms with Crippen LogP contribution in [0.1, 0.15) is 19.4 Å². The Kier molecular flexibility index (Phi) is 7.40. The number of hydrogen-bond donors (Lipinski definition) is 3. The molecule has 0 saturated heterocycles. The number of hydrogen-bond acceptors (Lipinski definition) is 5. The zero-order chi connectivity index (χ0) is 20.6. The van der Waals surface area contributed by atoms with E-state index in [0.29, 0.717) is 24.5 Å². The van der Waals surface area contributed by atoms with E-state index in [0.717, 1.165) is 11.3 Å². The van der Waals surface area contributed by atoms with Gasteiger partial charge in [-0.25, -0.2) is 0 Å².